The molecule has 1 aromatic carbocycles. The van der Waals surface area contributed by atoms with E-state index in [1.165, 1.54) is 11.3 Å². The average molecular weight is 308 g/mol. The first-order valence-electron chi connectivity index (χ1n) is 6.07. The van der Waals surface area contributed by atoms with Crippen molar-refractivity contribution in [1.82, 2.24) is 4.83 Å². The Kier molecular flexibility index (Phi) is 4.25. The molecule has 1 heterocycles. The lowest BCUT2D eigenvalue weighted by atomic mass is 10.2. The molecule has 106 valence electrons. The van der Waals surface area contributed by atoms with Crippen LogP contribution >= 0.6 is 11.3 Å². The van der Waals surface area contributed by atoms with Crippen molar-refractivity contribution in [3.05, 3.63) is 51.7 Å². The van der Waals surface area contributed by atoms with Gasteiger partial charge in [-0.2, -0.15) is 18.4 Å². The molecular formula is C14H16N2O2S2. The number of hydrazone groups is 1. The van der Waals surface area contributed by atoms with Gasteiger partial charge in [0.1, 0.15) is 0 Å². The molecular weight excluding hydrogens is 292 g/mol. The summed E-state index contributed by atoms with van der Waals surface area (Å²) in [5.74, 6) is 0. The van der Waals surface area contributed by atoms with E-state index >= 15 is 0 Å². The van der Waals surface area contributed by atoms with Gasteiger partial charge in [0.15, 0.2) is 0 Å². The number of hydrogen-bond donors (Lipinski definition) is 1. The van der Waals surface area contributed by atoms with Crippen molar-refractivity contribution in [3.63, 3.8) is 0 Å². The fourth-order valence-electron chi connectivity index (χ4n) is 1.71. The summed E-state index contributed by atoms with van der Waals surface area (Å²) in [4.78, 5) is 3.50. The fourth-order valence-corrected chi connectivity index (χ4v) is 3.58. The third-order valence-electron chi connectivity index (χ3n) is 2.84. The van der Waals surface area contributed by atoms with Crippen molar-refractivity contribution in [2.75, 3.05) is 0 Å². The number of hydrogen-bond acceptors (Lipinski definition) is 4. The number of rotatable bonds is 4. The lowest BCUT2D eigenvalue weighted by Gasteiger charge is -2.08. The van der Waals surface area contributed by atoms with Crippen LogP contribution in [0.4, 0.5) is 0 Å². The molecule has 20 heavy (non-hydrogen) atoms. The Hall–Kier alpha value is -1.66. The van der Waals surface area contributed by atoms with Gasteiger partial charge in [-0.3, -0.25) is 0 Å². The quantitative estimate of drug-likeness (QED) is 0.697. The van der Waals surface area contributed by atoms with E-state index in [0.717, 1.165) is 10.4 Å². The van der Waals surface area contributed by atoms with Crippen LogP contribution in [0.1, 0.15) is 22.9 Å². The highest BCUT2D eigenvalue weighted by molar-refractivity contribution is 7.89. The summed E-state index contributed by atoms with van der Waals surface area (Å²) in [6.07, 6.45) is 0. The zero-order valence-electron chi connectivity index (χ0n) is 11.5. The van der Waals surface area contributed by atoms with Gasteiger partial charge in [-0.1, -0.05) is 18.2 Å². The normalized spacial score (nSPS) is 12.4. The maximum atomic E-state index is 12.3. The molecule has 1 N–H and O–H groups in total. The van der Waals surface area contributed by atoms with E-state index < -0.39 is 10.0 Å². The van der Waals surface area contributed by atoms with Crippen molar-refractivity contribution < 1.29 is 8.42 Å². The summed E-state index contributed by atoms with van der Waals surface area (Å²) >= 11 is 1.52. The summed E-state index contributed by atoms with van der Waals surface area (Å²) in [6.45, 7) is 5.40. The molecule has 0 spiro atoms. The summed E-state index contributed by atoms with van der Waals surface area (Å²) in [5, 5.41) is 5.90. The van der Waals surface area contributed by atoms with Crippen LogP contribution in [0.3, 0.4) is 0 Å². The van der Waals surface area contributed by atoms with E-state index in [-0.39, 0.29) is 4.90 Å². The molecule has 0 saturated heterocycles. The average Bonchev–Trinajstić information content (AvgIpc) is 2.93. The number of aryl methyl sites for hydroxylation is 2. The predicted octanol–water partition coefficient (Wildman–Crippen LogP) is 3.07. The molecule has 0 aliphatic carbocycles. The lowest BCUT2D eigenvalue weighted by molar-refractivity contribution is 0.583. The second kappa shape index (κ2) is 5.76. The molecule has 1 aromatic heterocycles. The number of thiophene rings is 1. The molecule has 6 heteroatoms. The Labute approximate surface area is 123 Å². The van der Waals surface area contributed by atoms with Crippen LogP contribution in [0.5, 0.6) is 0 Å². The topological polar surface area (TPSA) is 58.5 Å². The highest BCUT2D eigenvalue weighted by atomic mass is 32.2. The molecule has 0 saturated carbocycles. The van der Waals surface area contributed by atoms with Crippen LogP contribution in [0.25, 0.3) is 0 Å². The van der Waals surface area contributed by atoms with Crippen molar-refractivity contribution in [1.29, 1.82) is 0 Å². The number of benzene rings is 1. The highest BCUT2D eigenvalue weighted by Crippen LogP contribution is 2.17. The van der Waals surface area contributed by atoms with Gasteiger partial charge in [0.25, 0.3) is 10.0 Å². The van der Waals surface area contributed by atoms with Gasteiger partial charge in [-0.15, -0.1) is 11.3 Å². The number of sulfonamides is 1. The Morgan fingerprint density at radius 1 is 1.25 bits per heavy atom. The van der Waals surface area contributed by atoms with Gasteiger partial charge in [-0.25, -0.2) is 0 Å². The monoisotopic (exact) mass is 308 g/mol. The summed E-state index contributed by atoms with van der Waals surface area (Å²) in [6, 6.07) is 9.12. The first-order chi connectivity index (χ1) is 9.40. The molecule has 2 rings (SSSR count). The molecule has 0 amide bonds. The largest absolute Gasteiger partial charge is 0.276 e. The number of nitrogens with one attached hydrogen (secondary N) is 1. The van der Waals surface area contributed by atoms with Crippen molar-refractivity contribution >= 4 is 27.1 Å². The molecule has 0 aliphatic rings. The van der Waals surface area contributed by atoms with Crippen LogP contribution in [0, 0.1) is 13.8 Å². The van der Waals surface area contributed by atoms with Crippen LogP contribution in [-0.4, -0.2) is 14.1 Å². The van der Waals surface area contributed by atoms with Gasteiger partial charge in [0.05, 0.1) is 15.5 Å². The minimum absolute atomic E-state index is 0.264. The van der Waals surface area contributed by atoms with E-state index in [9.17, 15) is 8.42 Å². The van der Waals surface area contributed by atoms with Crippen LogP contribution in [0.15, 0.2) is 45.7 Å². The standard InChI is InChI=1S/C14H16N2O2S2/c1-10-6-7-11(2)14(9-10)20(17,18)16-15-12(3)13-5-4-8-19-13/h4-9,16H,1-3H3/b15-12+. The van der Waals surface area contributed by atoms with E-state index in [0.29, 0.717) is 11.3 Å². The van der Waals surface area contributed by atoms with Crippen molar-refractivity contribution in [2.45, 2.75) is 25.7 Å². The van der Waals surface area contributed by atoms with E-state index in [4.69, 9.17) is 0 Å². The second-order valence-electron chi connectivity index (χ2n) is 4.54. The van der Waals surface area contributed by atoms with Gasteiger partial charge >= 0.3 is 0 Å². The molecule has 0 aliphatic heterocycles. The van der Waals surface area contributed by atoms with E-state index in [1.54, 1.807) is 26.0 Å². The fraction of sp³-hybridized carbons (Fsp3) is 0.214. The van der Waals surface area contributed by atoms with E-state index in [2.05, 4.69) is 9.93 Å². The first kappa shape index (κ1) is 14.7. The minimum atomic E-state index is -3.63. The zero-order valence-corrected chi connectivity index (χ0v) is 13.2. The molecule has 0 unspecified atom stereocenters. The molecule has 0 bridgehead atoms. The second-order valence-corrected chi connectivity index (χ2v) is 7.12. The maximum absolute atomic E-state index is 12.3. The SMILES string of the molecule is C/C(=N\NS(=O)(=O)c1cc(C)ccc1C)c1cccs1. The van der Waals surface area contributed by atoms with Crippen LogP contribution in [0.2, 0.25) is 0 Å². The summed E-state index contributed by atoms with van der Waals surface area (Å²) in [5.41, 5.74) is 2.25. The minimum Gasteiger partial charge on any atom is -0.200 e. The first-order valence-corrected chi connectivity index (χ1v) is 8.43. The van der Waals surface area contributed by atoms with Crippen LogP contribution < -0.4 is 4.83 Å². The van der Waals surface area contributed by atoms with Gasteiger partial charge in [0, 0.05) is 0 Å². The van der Waals surface area contributed by atoms with Gasteiger partial charge in [0.2, 0.25) is 0 Å². The van der Waals surface area contributed by atoms with E-state index in [1.807, 2.05) is 30.5 Å². The third kappa shape index (κ3) is 3.26. The lowest BCUT2D eigenvalue weighted by Crippen LogP contribution is -2.20. The molecule has 2 aromatic rings. The molecule has 0 fully saturated rings. The maximum Gasteiger partial charge on any atom is 0.276 e. The van der Waals surface area contributed by atoms with Crippen LogP contribution in [-0.2, 0) is 10.0 Å². The van der Waals surface area contributed by atoms with Gasteiger partial charge in [-0.05, 0) is 49.4 Å². The van der Waals surface area contributed by atoms with Crippen molar-refractivity contribution in [3.8, 4) is 0 Å². The van der Waals surface area contributed by atoms with Crippen molar-refractivity contribution in [2.24, 2.45) is 5.10 Å². The predicted molar refractivity (Wildman–Crippen MR) is 82.8 cm³/mol. The highest BCUT2D eigenvalue weighted by Gasteiger charge is 2.16. The third-order valence-corrected chi connectivity index (χ3v) is 5.17. The zero-order chi connectivity index (χ0) is 14.8. The smallest absolute Gasteiger partial charge is 0.200 e. The Morgan fingerprint density at radius 2 is 2.00 bits per heavy atom. The Balaban J connectivity index is 2.28. The van der Waals surface area contributed by atoms with Gasteiger partial charge < -0.3 is 0 Å². The summed E-state index contributed by atoms with van der Waals surface area (Å²) < 4.78 is 24.5. The number of nitrogens with zero attached hydrogens (tertiary/aromatic N) is 1. The molecule has 0 atom stereocenters. The summed E-state index contributed by atoms with van der Waals surface area (Å²) in [7, 11) is -3.63. The molecule has 4 nitrogen and oxygen atoms in total. The molecule has 0 radical (unpaired) electrons. The Bertz CT molecular complexity index is 733. The Morgan fingerprint density at radius 3 is 2.65 bits per heavy atom.